The third-order valence-corrected chi connectivity index (χ3v) is 2.18. The van der Waals surface area contributed by atoms with Crippen LogP contribution < -0.4 is 4.74 Å². The molecule has 1 N–H and O–H groups in total. The van der Waals surface area contributed by atoms with Crippen LogP contribution >= 0.6 is 0 Å². The van der Waals surface area contributed by atoms with Crippen LogP contribution in [0.25, 0.3) is 10.9 Å². The highest BCUT2D eigenvalue weighted by molar-refractivity contribution is 5.83. The smallest absolute Gasteiger partial charge is 0.434 e. The number of rotatable bonds is 2. The number of nitrogens with zero attached hydrogens (tertiary/aromatic N) is 1. The molecule has 0 amide bonds. The summed E-state index contributed by atoms with van der Waals surface area (Å²) in [6, 6.07) is 8.84. The van der Waals surface area contributed by atoms with E-state index in [1.165, 1.54) is 0 Å². The van der Waals surface area contributed by atoms with E-state index in [0.717, 1.165) is 10.9 Å². The van der Waals surface area contributed by atoms with E-state index >= 15 is 0 Å². The predicted octanol–water partition coefficient (Wildman–Crippen LogP) is 2.57. The fourth-order valence-electron chi connectivity index (χ4n) is 1.47. The number of aromatic nitrogens is 1. The number of nitrogens with one attached hydrogen (secondary N) is 1. The van der Waals surface area contributed by atoms with Crippen LogP contribution in [0, 0.1) is 11.3 Å². The van der Waals surface area contributed by atoms with Crippen molar-refractivity contribution in [3.05, 3.63) is 29.8 Å². The zero-order chi connectivity index (χ0) is 12.3. The van der Waals surface area contributed by atoms with E-state index in [9.17, 15) is 4.79 Å². The zero-order valence-corrected chi connectivity index (χ0v) is 9.19. The number of aromatic amines is 1. The van der Waals surface area contributed by atoms with Crippen LogP contribution in [0.3, 0.4) is 0 Å². The van der Waals surface area contributed by atoms with Crippen LogP contribution in [0.5, 0.6) is 5.88 Å². The zero-order valence-electron chi connectivity index (χ0n) is 9.19. The molecule has 2 aromatic rings. The maximum Gasteiger partial charge on any atom is 0.515 e. The Morgan fingerprint density at radius 2 is 2.29 bits per heavy atom. The van der Waals surface area contributed by atoms with E-state index in [2.05, 4.69) is 9.72 Å². The van der Waals surface area contributed by atoms with E-state index in [1.54, 1.807) is 31.2 Å². The highest BCUT2D eigenvalue weighted by Crippen LogP contribution is 2.21. The Morgan fingerprint density at radius 1 is 1.47 bits per heavy atom. The van der Waals surface area contributed by atoms with Crippen LogP contribution in [0.1, 0.15) is 12.5 Å². The molecule has 0 radical (unpaired) electrons. The van der Waals surface area contributed by atoms with Gasteiger partial charge in [0.05, 0.1) is 18.2 Å². The first kappa shape index (κ1) is 11.0. The Balaban J connectivity index is 2.26. The van der Waals surface area contributed by atoms with Crippen LogP contribution in [-0.2, 0) is 4.74 Å². The Morgan fingerprint density at radius 3 is 3.00 bits per heavy atom. The van der Waals surface area contributed by atoms with Gasteiger partial charge in [-0.15, -0.1) is 0 Å². The van der Waals surface area contributed by atoms with Gasteiger partial charge in [0, 0.05) is 17.0 Å². The summed E-state index contributed by atoms with van der Waals surface area (Å²) in [6.45, 7) is 1.96. The van der Waals surface area contributed by atoms with Gasteiger partial charge in [-0.05, 0) is 25.1 Å². The molecule has 0 aliphatic rings. The van der Waals surface area contributed by atoms with Crippen molar-refractivity contribution in [1.82, 2.24) is 4.98 Å². The summed E-state index contributed by atoms with van der Waals surface area (Å²) in [4.78, 5) is 14.0. The molecular formula is C12H10N2O3. The SMILES string of the molecule is CCOC(=O)Oc1cc2cc(C#N)ccc2[nH]1. The lowest BCUT2D eigenvalue weighted by atomic mass is 10.2. The first-order chi connectivity index (χ1) is 8.22. The Kier molecular flexibility index (Phi) is 2.97. The van der Waals surface area contributed by atoms with Crippen molar-refractivity contribution in [1.29, 1.82) is 5.26 Å². The molecule has 1 aromatic heterocycles. The predicted molar refractivity (Wildman–Crippen MR) is 60.7 cm³/mol. The molecule has 0 spiro atoms. The number of ether oxygens (including phenoxy) is 2. The lowest BCUT2D eigenvalue weighted by Gasteiger charge is -1.99. The minimum atomic E-state index is -0.750. The van der Waals surface area contributed by atoms with Gasteiger partial charge in [0.2, 0.25) is 5.88 Å². The maximum absolute atomic E-state index is 11.1. The summed E-state index contributed by atoms with van der Waals surface area (Å²) in [5, 5.41) is 9.56. The molecule has 1 heterocycles. The fraction of sp³-hybridized carbons (Fsp3) is 0.167. The van der Waals surface area contributed by atoms with Crippen LogP contribution in [-0.4, -0.2) is 17.7 Å². The normalized spacial score (nSPS) is 9.88. The first-order valence-electron chi connectivity index (χ1n) is 5.10. The molecule has 0 aliphatic heterocycles. The number of benzene rings is 1. The number of nitriles is 1. The number of H-pyrrole nitrogens is 1. The molecule has 0 aliphatic carbocycles. The van der Waals surface area contributed by atoms with Crippen LogP contribution in [0.15, 0.2) is 24.3 Å². The molecule has 0 unspecified atom stereocenters. The molecule has 86 valence electrons. The molecule has 0 saturated carbocycles. The van der Waals surface area contributed by atoms with Crippen molar-refractivity contribution in [3.63, 3.8) is 0 Å². The van der Waals surface area contributed by atoms with E-state index in [0.29, 0.717) is 11.4 Å². The second-order valence-corrected chi connectivity index (χ2v) is 3.33. The van der Waals surface area contributed by atoms with Gasteiger partial charge in [-0.3, -0.25) is 0 Å². The van der Waals surface area contributed by atoms with E-state index in [1.807, 2.05) is 6.07 Å². The number of hydrogen-bond donors (Lipinski definition) is 1. The van der Waals surface area contributed by atoms with Gasteiger partial charge in [-0.25, -0.2) is 4.79 Å². The molecule has 2 rings (SSSR count). The molecule has 0 saturated heterocycles. The van der Waals surface area contributed by atoms with Gasteiger partial charge in [-0.1, -0.05) is 0 Å². The summed E-state index contributed by atoms with van der Waals surface area (Å²) in [6.07, 6.45) is -0.750. The van der Waals surface area contributed by atoms with Gasteiger partial charge in [0.25, 0.3) is 0 Å². The standard InChI is InChI=1S/C12H10N2O3/c1-2-16-12(15)17-11-6-9-5-8(7-13)3-4-10(9)14-11/h3-6,14H,2H2,1H3. The van der Waals surface area contributed by atoms with Gasteiger partial charge in [-0.2, -0.15) is 5.26 Å². The lowest BCUT2D eigenvalue weighted by molar-refractivity contribution is 0.103. The van der Waals surface area contributed by atoms with Crippen LogP contribution in [0.2, 0.25) is 0 Å². The van der Waals surface area contributed by atoms with Gasteiger partial charge < -0.3 is 14.5 Å². The summed E-state index contributed by atoms with van der Waals surface area (Å²) >= 11 is 0. The number of fused-ring (bicyclic) bond motifs is 1. The fourth-order valence-corrected chi connectivity index (χ4v) is 1.47. The van der Waals surface area contributed by atoms with E-state index in [-0.39, 0.29) is 6.61 Å². The lowest BCUT2D eigenvalue weighted by Crippen LogP contribution is -2.09. The number of carbonyl (C=O) groups is 1. The van der Waals surface area contributed by atoms with Crippen molar-refractivity contribution in [2.24, 2.45) is 0 Å². The van der Waals surface area contributed by atoms with Crippen molar-refractivity contribution in [3.8, 4) is 11.9 Å². The second kappa shape index (κ2) is 4.58. The maximum atomic E-state index is 11.1. The minimum Gasteiger partial charge on any atom is -0.434 e. The Labute approximate surface area is 97.6 Å². The second-order valence-electron chi connectivity index (χ2n) is 3.33. The summed E-state index contributed by atoms with van der Waals surface area (Å²) < 4.78 is 9.57. The highest BCUT2D eigenvalue weighted by atomic mass is 16.7. The van der Waals surface area contributed by atoms with Crippen LogP contribution in [0.4, 0.5) is 4.79 Å². The summed E-state index contributed by atoms with van der Waals surface area (Å²) in [5.41, 5.74) is 1.35. The quantitative estimate of drug-likeness (QED) is 0.804. The van der Waals surface area contributed by atoms with Gasteiger partial charge >= 0.3 is 6.16 Å². The Bertz CT molecular complexity index is 595. The molecule has 1 aromatic carbocycles. The van der Waals surface area contributed by atoms with E-state index in [4.69, 9.17) is 10.00 Å². The van der Waals surface area contributed by atoms with Gasteiger partial charge in [0.15, 0.2) is 0 Å². The number of hydrogen-bond acceptors (Lipinski definition) is 4. The monoisotopic (exact) mass is 230 g/mol. The molecule has 5 heteroatoms. The molecule has 0 atom stereocenters. The molecular weight excluding hydrogens is 220 g/mol. The molecule has 5 nitrogen and oxygen atoms in total. The minimum absolute atomic E-state index is 0.262. The third kappa shape index (κ3) is 2.37. The Hall–Kier alpha value is -2.48. The average Bonchev–Trinajstić information content (AvgIpc) is 2.69. The van der Waals surface area contributed by atoms with E-state index < -0.39 is 6.16 Å². The topological polar surface area (TPSA) is 75.1 Å². The largest absolute Gasteiger partial charge is 0.515 e. The summed E-state index contributed by atoms with van der Waals surface area (Å²) in [7, 11) is 0. The first-order valence-corrected chi connectivity index (χ1v) is 5.10. The molecule has 0 fully saturated rings. The van der Waals surface area contributed by atoms with Crippen molar-refractivity contribution in [2.45, 2.75) is 6.92 Å². The number of carbonyl (C=O) groups excluding carboxylic acids is 1. The molecule has 17 heavy (non-hydrogen) atoms. The van der Waals surface area contributed by atoms with Gasteiger partial charge in [0.1, 0.15) is 0 Å². The summed E-state index contributed by atoms with van der Waals surface area (Å²) in [5.74, 6) is 0.300. The van der Waals surface area contributed by atoms with Crippen molar-refractivity contribution in [2.75, 3.05) is 6.61 Å². The van der Waals surface area contributed by atoms with Crippen molar-refractivity contribution >= 4 is 17.1 Å². The third-order valence-electron chi connectivity index (χ3n) is 2.18. The highest BCUT2D eigenvalue weighted by Gasteiger charge is 2.08. The molecule has 0 bridgehead atoms. The average molecular weight is 230 g/mol. The van der Waals surface area contributed by atoms with Crippen molar-refractivity contribution < 1.29 is 14.3 Å².